The third-order valence-electron chi connectivity index (χ3n) is 2.23. The van der Waals surface area contributed by atoms with Gasteiger partial charge in [0.15, 0.2) is 0 Å². The second kappa shape index (κ2) is 5.41. The first-order chi connectivity index (χ1) is 8.95. The van der Waals surface area contributed by atoms with Crippen molar-refractivity contribution < 1.29 is 4.92 Å². The number of nitrogen functional groups attached to an aromatic ring is 1. The fraction of sp³-hybridized carbons (Fsp3) is 0. The summed E-state index contributed by atoms with van der Waals surface area (Å²) in [5.41, 5.74) is 6.04. The van der Waals surface area contributed by atoms with Gasteiger partial charge in [-0.15, -0.1) is 0 Å². The van der Waals surface area contributed by atoms with Gasteiger partial charge in [-0.3, -0.25) is 10.1 Å². The van der Waals surface area contributed by atoms with Crippen molar-refractivity contribution in [1.82, 2.24) is 4.98 Å². The number of aromatic nitrogens is 1. The molecular formula is C11H8BrClN4O2. The molecular weight excluding hydrogens is 336 g/mol. The van der Waals surface area contributed by atoms with Crippen LogP contribution < -0.4 is 11.1 Å². The van der Waals surface area contributed by atoms with E-state index in [1.54, 1.807) is 18.2 Å². The maximum Gasteiger partial charge on any atom is 0.276 e. The normalized spacial score (nSPS) is 10.2. The number of nitrogens with two attached hydrogens (primary N) is 1. The molecule has 0 aliphatic heterocycles. The minimum atomic E-state index is -0.530. The highest BCUT2D eigenvalue weighted by Gasteiger charge is 2.10. The number of nitrogens with zero attached hydrogens (tertiary/aromatic N) is 2. The third-order valence-corrected chi connectivity index (χ3v) is 3.47. The number of nitrogens with one attached hydrogen (secondary N) is 1. The lowest BCUT2D eigenvalue weighted by atomic mass is 10.3. The van der Waals surface area contributed by atoms with Gasteiger partial charge < -0.3 is 11.1 Å². The van der Waals surface area contributed by atoms with Crippen LogP contribution in [0.3, 0.4) is 0 Å². The molecule has 0 amide bonds. The molecule has 0 spiro atoms. The number of pyridine rings is 1. The van der Waals surface area contributed by atoms with Crippen LogP contribution in [0.1, 0.15) is 0 Å². The van der Waals surface area contributed by atoms with Gasteiger partial charge in [-0.05, 0) is 34.1 Å². The van der Waals surface area contributed by atoms with Gasteiger partial charge >= 0.3 is 0 Å². The first-order valence-corrected chi connectivity index (χ1v) is 6.27. The highest BCUT2D eigenvalue weighted by molar-refractivity contribution is 9.10. The van der Waals surface area contributed by atoms with Crippen LogP contribution in [0.5, 0.6) is 0 Å². The van der Waals surface area contributed by atoms with Crippen molar-refractivity contribution in [1.29, 1.82) is 0 Å². The molecule has 19 heavy (non-hydrogen) atoms. The van der Waals surface area contributed by atoms with Crippen molar-refractivity contribution >= 4 is 50.5 Å². The summed E-state index contributed by atoms with van der Waals surface area (Å²) < 4.78 is 0.756. The van der Waals surface area contributed by atoms with E-state index in [-0.39, 0.29) is 17.3 Å². The smallest absolute Gasteiger partial charge is 0.276 e. The second-order valence-corrected chi connectivity index (χ2v) is 4.91. The summed E-state index contributed by atoms with van der Waals surface area (Å²) in [6.07, 6.45) is 0. The van der Waals surface area contributed by atoms with Crippen LogP contribution in [0.2, 0.25) is 5.02 Å². The number of hydrogen-bond donors (Lipinski definition) is 2. The van der Waals surface area contributed by atoms with E-state index in [9.17, 15) is 10.1 Å². The topological polar surface area (TPSA) is 94.1 Å². The molecule has 0 atom stereocenters. The molecule has 6 nitrogen and oxygen atoms in total. The Hall–Kier alpha value is -1.86. The van der Waals surface area contributed by atoms with E-state index in [0.29, 0.717) is 10.7 Å². The van der Waals surface area contributed by atoms with Crippen molar-refractivity contribution in [2.45, 2.75) is 0 Å². The molecule has 1 aromatic heterocycles. The molecule has 0 saturated heterocycles. The second-order valence-electron chi connectivity index (χ2n) is 3.65. The summed E-state index contributed by atoms with van der Waals surface area (Å²) in [5, 5.41) is 14.1. The predicted molar refractivity (Wildman–Crippen MR) is 77.7 cm³/mol. The highest BCUT2D eigenvalue weighted by atomic mass is 79.9. The number of rotatable bonds is 3. The average molecular weight is 344 g/mol. The van der Waals surface area contributed by atoms with Gasteiger partial charge in [-0.2, -0.15) is 0 Å². The number of halogens is 2. The van der Waals surface area contributed by atoms with Crippen LogP contribution in [0, 0.1) is 10.1 Å². The first kappa shape index (κ1) is 13.6. The van der Waals surface area contributed by atoms with Gasteiger partial charge in [0.2, 0.25) is 0 Å². The van der Waals surface area contributed by atoms with E-state index in [4.69, 9.17) is 17.3 Å². The molecule has 0 fully saturated rings. The van der Waals surface area contributed by atoms with Crippen molar-refractivity contribution in [3.63, 3.8) is 0 Å². The molecule has 1 aromatic carbocycles. The molecule has 0 saturated carbocycles. The summed E-state index contributed by atoms with van der Waals surface area (Å²) in [6.45, 7) is 0. The van der Waals surface area contributed by atoms with Crippen LogP contribution in [-0.2, 0) is 0 Å². The zero-order valence-electron chi connectivity index (χ0n) is 9.43. The van der Waals surface area contributed by atoms with Gasteiger partial charge in [-0.1, -0.05) is 11.6 Å². The molecule has 2 rings (SSSR count). The lowest BCUT2D eigenvalue weighted by molar-refractivity contribution is -0.384. The van der Waals surface area contributed by atoms with Crippen molar-refractivity contribution in [2.24, 2.45) is 0 Å². The summed E-state index contributed by atoms with van der Waals surface area (Å²) in [5.74, 6) is 0.352. The molecule has 0 aliphatic carbocycles. The average Bonchev–Trinajstić information content (AvgIpc) is 2.33. The number of anilines is 3. The fourth-order valence-corrected chi connectivity index (χ4v) is 1.86. The Labute approximate surface area is 121 Å². The lowest BCUT2D eigenvalue weighted by Gasteiger charge is -2.07. The molecule has 0 radical (unpaired) electrons. The first-order valence-electron chi connectivity index (χ1n) is 5.10. The van der Waals surface area contributed by atoms with Gasteiger partial charge in [0.1, 0.15) is 11.6 Å². The predicted octanol–water partition coefficient (Wildman–Crippen LogP) is 3.73. The van der Waals surface area contributed by atoms with Gasteiger partial charge in [-0.25, -0.2) is 4.98 Å². The monoisotopic (exact) mass is 342 g/mol. The van der Waals surface area contributed by atoms with E-state index in [1.165, 1.54) is 12.1 Å². The third kappa shape index (κ3) is 3.33. The summed E-state index contributed by atoms with van der Waals surface area (Å²) >= 11 is 9.23. The van der Waals surface area contributed by atoms with E-state index in [0.717, 1.165) is 4.47 Å². The molecule has 98 valence electrons. The summed E-state index contributed by atoms with van der Waals surface area (Å²) in [6, 6.07) is 7.67. The number of benzene rings is 1. The van der Waals surface area contributed by atoms with Gasteiger partial charge in [0.25, 0.3) is 5.69 Å². The Kier molecular flexibility index (Phi) is 3.87. The Morgan fingerprint density at radius 2 is 2.11 bits per heavy atom. The minimum absolute atomic E-state index is 0.0694. The Bertz CT molecular complexity index is 651. The van der Waals surface area contributed by atoms with Crippen molar-refractivity contribution in [2.75, 3.05) is 11.1 Å². The number of hydrogen-bond acceptors (Lipinski definition) is 5. The zero-order chi connectivity index (χ0) is 14.0. The van der Waals surface area contributed by atoms with Crippen LogP contribution in [0.25, 0.3) is 0 Å². The molecule has 0 unspecified atom stereocenters. The van der Waals surface area contributed by atoms with Crippen LogP contribution >= 0.6 is 27.5 Å². The largest absolute Gasteiger partial charge is 0.383 e. The summed E-state index contributed by atoms with van der Waals surface area (Å²) in [4.78, 5) is 14.2. The Morgan fingerprint density at radius 3 is 2.74 bits per heavy atom. The minimum Gasteiger partial charge on any atom is -0.383 e. The van der Waals surface area contributed by atoms with E-state index in [2.05, 4.69) is 26.2 Å². The van der Waals surface area contributed by atoms with Gasteiger partial charge in [0, 0.05) is 10.2 Å². The van der Waals surface area contributed by atoms with E-state index >= 15 is 0 Å². The standard InChI is InChI=1S/C11H8BrClN4O2/c12-8-2-1-6(3-9(8)13)15-11-5-7(17(18)19)4-10(14)16-11/h1-5H,(H3,14,15,16). The Morgan fingerprint density at radius 1 is 1.37 bits per heavy atom. The van der Waals surface area contributed by atoms with Crippen LogP contribution in [0.4, 0.5) is 23.0 Å². The maximum atomic E-state index is 10.7. The van der Waals surface area contributed by atoms with Crippen LogP contribution in [0.15, 0.2) is 34.8 Å². The fourth-order valence-electron chi connectivity index (χ4n) is 1.43. The quantitative estimate of drug-likeness (QED) is 0.654. The SMILES string of the molecule is Nc1cc([N+](=O)[O-])cc(Nc2ccc(Br)c(Cl)c2)n1. The van der Waals surface area contributed by atoms with Crippen molar-refractivity contribution in [3.8, 4) is 0 Å². The molecule has 2 aromatic rings. The molecule has 8 heteroatoms. The Balaban J connectivity index is 2.32. The maximum absolute atomic E-state index is 10.7. The van der Waals surface area contributed by atoms with Crippen LogP contribution in [-0.4, -0.2) is 9.91 Å². The summed E-state index contributed by atoms with van der Waals surface area (Å²) in [7, 11) is 0. The zero-order valence-corrected chi connectivity index (χ0v) is 11.8. The van der Waals surface area contributed by atoms with E-state index in [1.807, 2.05) is 0 Å². The molecule has 0 aliphatic rings. The molecule has 0 bridgehead atoms. The van der Waals surface area contributed by atoms with E-state index < -0.39 is 4.92 Å². The lowest BCUT2D eigenvalue weighted by Crippen LogP contribution is -1.99. The highest BCUT2D eigenvalue weighted by Crippen LogP contribution is 2.28. The molecule has 1 heterocycles. The molecule has 3 N–H and O–H groups in total. The van der Waals surface area contributed by atoms with Gasteiger partial charge in [0.05, 0.1) is 22.1 Å². The van der Waals surface area contributed by atoms with Crippen molar-refractivity contribution in [3.05, 3.63) is 49.9 Å². The number of nitro groups is 1.